The molecule has 0 fully saturated rings. The van der Waals surface area contributed by atoms with Crippen molar-refractivity contribution in [1.29, 1.82) is 0 Å². The van der Waals surface area contributed by atoms with Crippen molar-refractivity contribution in [3.63, 3.8) is 0 Å². The first-order chi connectivity index (χ1) is 8.66. The van der Waals surface area contributed by atoms with Gasteiger partial charge in [-0.05, 0) is 19.4 Å². The molecule has 0 aliphatic carbocycles. The fourth-order valence-electron chi connectivity index (χ4n) is 1.78. The maximum absolute atomic E-state index is 6.15. The van der Waals surface area contributed by atoms with Crippen LogP contribution in [0, 0.1) is 6.92 Å². The highest BCUT2D eigenvalue weighted by Gasteiger charge is 2.11. The summed E-state index contributed by atoms with van der Waals surface area (Å²) in [7, 11) is 0. The highest BCUT2D eigenvalue weighted by atomic mass is 32.1. The Labute approximate surface area is 112 Å². The van der Waals surface area contributed by atoms with Crippen LogP contribution in [0.15, 0.2) is 36.5 Å². The van der Waals surface area contributed by atoms with Crippen LogP contribution in [0.2, 0.25) is 0 Å². The van der Waals surface area contributed by atoms with E-state index in [-0.39, 0.29) is 12.1 Å². The first-order valence-corrected chi connectivity index (χ1v) is 6.94. The number of hydrogen-bond donors (Lipinski definition) is 2. The Bertz CT molecular complexity index is 481. The summed E-state index contributed by atoms with van der Waals surface area (Å²) < 4.78 is 0. The molecule has 0 radical (unpaired) electrons. The second kappa shape index (κ2) is 6.09. The van der Waals surface area contributed by atoms with Gasteiger partial charge in [-0.15, -0.1) is 11.3 Å². The van der Waals surface area contributed by atoms with Crippen LogP contribution < -0.4 is 11.1 Å². The van der Waals surface area contributed by atoms with Crippen LogP contribution in [0.3, 0.4) is 0 Å². The van der Waals surface area contributed by atoms with E-state index in [2.05, 4.69) is 36.3 Å². The molecular weight excluding hydrogens is 242 g/mol. The molecule has 0 spiro atoms. The third-order valence-electron chi connectivity index (χ3n) is 2.88. The molecule has 2 aromatic rings. The van der Waals surface area contributed by atoms with Gasteiger partial charge in [0.25, 0.3) is 0 Å². The number of hydrogen-bond acceptors (Lipinski definition) is 4. The van der Waals surface area contributed by atoms with E-state index in [1.54, 1.807) is 11.3 Å². The molecule has 0 saturated carbocycles. The van der Waals surface area contributed by atoms with E-state index in [0.717, 1.165) is 17.1 Å². The van der Waals surface area contributed by atoms with Gasteiger partial charge in [-0.2, -0.15) is 0 Å². The van der Waals surface area contributed by atoms with Gasteiger partial charge in [0.1, 0.15) is 5.01 Å². The summed E-state index contributed by atoms with van der Waals surface area (Å²) in [6, 6.07) is 10.4. The largest absolute Gasteiger partial charge is 0.323 e. The summed E-state index contributed by atoms with van der Waals surface area (Å²) in [6.07, 6.45) is 1.91. The van der Waals surface area contributed by atoms with Gasteiger partial charge in [0.2, 0.25) is 0 Å². The number of rotatable bonds is 5. The number of thiazole rings is 1. The lowest BCUT2D eigenvalue weighted by Gasteiger charge is -2.16. The number of aromatic nitrogens is 1. The second-order valence-electron chi connectivity index (χ2n) is 4.46. The molecule has 1 aromatic heterocycles. The molecular formula is C14H19N3S. The van der Waals surface area contributed by atoms with Gasteiger partial charge in [0.05, 0.1) is 6.04 Å². The van der Waals surface area contributed by atoms with Crippen molar-refractivity contribution in [2.75, 3.05) is 6.54 Å². The second-order valence-corrected chi connectivity index (χ2v) is 5.72. The van der Waals surface area contributed by atoms with Crippen molar-refractivity contribution in [3.8, 4) is 0 Å². The zero-order valence-electron chi connectivity index (χ0n) is 10.8. The number of aryl methyl sites for hydroxylation is 1. The molecule has 2 atom stereocenters. The summed E-state index contributed by atoms with van der Waals surface area (Å²) in [6.45, 7) is 4.95. The normalized spacial score (nSPS) is 14.4. The number of nitrogens with one attached hydrogen (secondary N) is 1. The van der Waals surface area contributed by atoms with Crippen LogP contribution in [0.25, 0.3) is 0 Å². The van der Waals surface area contributed by atoms with Crippen molar-refractivity contribution >= 4 is 11.3 Å². The number of nitrogens with two attached hydrogens (primary N) is 1. The van der Waals surface area contributed by atoms with Crippen LogP contribution >= 0.6 is 11.3 Å². The van der Waals surface area contributed by atoms with Crippen LogP contribution in [0.1, 0.15) is 34.5 Å². The zero-order valence-corrected chi connectivity index (χ0v) is 11.6. The average molecular weight is 261 g/mol. The minimum absolute atomic E-state index is 0.0229. The molecule has 0 aliphatic rings. The van der Waals surface area contributed by atoms with Crippen molar-refractivity contribution in [3.05, 3.63) is 52.0 Å². The van der Waals surface area contributed by atoms with Crippen molar-refractivity contribution in [2.24, 2.45) is 5.73 Å². The fourth-order valence-corrected chi connectivity index (χ4v) is 2.58. The predicted octanol–water partition coefficient (Wildman–Crippen LogP) is 2.80. The lowest BCUT2D eigenvalue weighted by atomic mass is 10.1. The lowest BCUT2D eigenvalue weighted by molar-refractivity contribution is 0.525. The molecule has 2 unspecified atom stereocenters. The van der Waals surface area contributed by atoms with E-state index in [4.69, 9.17) is 5.73 Å². The molecule has 18 heavy (non-hydrogen) atoms. The number of benzene rings is 1. The molecule has 3 N–H and O–H groups in total. The predicted molar refractivity (Wildman–Crippen MR) is 76.6 cm³/mol. The first-order valence-electron chi connectivity index (χ1n) is 6.13. The summed E-state index contributed by atoms with van der Waals surface area (Å²) in [5.41, 5.74) is 7.31. The van der Waals surface area contributed by atoms with E-state index in [1.165, 1.54) is 4.88 Å². The molecule has 1 heterocycles. The van der Waals surface area contributed by atoms with Gasteiger partial charge in [-0.25, -0.2) is 4.98 Å². The minimum atomic E-state index is 0.0229. The van der Waals surface area contributed by atoms with Crippen molar-refractivity contribution in [1.82, 2.24) is 10.3 Å². The van der Waals surface area contributed by atoms with Gasteiger partial charge >= 0.3 is 0 Å². The molecule has 0 bridgehead atoms. The molecule has 4 heteroatoms. The smallest absolute Gasteiger partial charge is 0.109 e. The Morgan fingerprint density at radius 2 is 2.06 bits per heavy atom. The van der Waals surface area contributed by atoms with E-state index >= 15 is 0 Å². The van der Waals surface area contributed by atoms with Gasteiger partial charge in [0.15, 0.2) is 0 Å². The van der Waals surface area contributed by atoms with E-state index < -0.39 is 0 Å². The molecule has 0 saturated heterocycles. The average Bonchev–Trinajstić information content (AvgIpc) is 2.83. The standard InChI is InChI=1S/C14H19N3S/c1-10-8-17-14(18-10)11(2)16-9-13(15)12-6-4-3-5-7-12/h3-8,11,13,16H,9,15H2,1-2H3. The first kappa shape index (κ1) is 13.2. The highest BCUT2D eigenvalue weighted by Crippen LogP contribution is 2.19. The molecule has 1 aromatic carbocycles. The lowest BCUT2D eigenvalue weighted by Crippen LogP contribution is -2.29. The Hall–Kier alpha value is -1.23. The Balaban J connectivity index is 1.88. The summed E-state index contributed by atoms with van der Waals surface area (Å²) in [5.74, 6) is 0. The molecule has 2 rings (SSSR count). The van der Waals surface area contributed by atoms with E-state index in [1.807, 2.05) is 24.4 Å². The number of nitrogens with zero attached hydrogens (tertiary/aromatic N) is 1. The molecule has 0 amide bonds. The van der Waals surface area contributed by atoms with E-state index in [9.17, 15) is 0 Å². The topological polar surface area (TPSA) is 50.9 Å². The van der Waals surface area contributed by atoms with E-state index in [0.29, 0.717) is 0 Å². The summed E-state index contributed by atoms with van der Waals surface area (Å²) >= 11 is 1.73. The Kier molecular flexibility index (Phi) is 4.47. The van der Waals surface area contributed by atoms with Crippen molar-refractivity contribution < 1.29 is 0 Å². The maximum Gasteiger partial charge on any atom is 0.109 e. The van der Waals surface area contributed by atoms with Crippen molar-refractivity contribution in [2.45, 2.75) is 25.9 Å². The molecule has 3 nitrogen and oxygen atoms in total. The monoisotopic (exact) mass is 261 g/mol. The summed E-state index contributed by atoms with van der Waals surface area (Å²) in [4.78, 5) is 5.62. The SMILES string of the molecule is Cc1cnc(C(C)NCC(N)c2ccccc2)s1. The molecule has 0 aliphatic heterocycles. The maximum atomic E-state index is 6.15. The van der Waals surface area contributed by atoms with Gasteiger partial charge in [-0.1, -0.05) is 30.3 Å². The van der Waals surface area contributed by atoms with Gasteiger partial charge in [-0.3, -0.25) is 0 Å². The van der Waals surface area contributed by atoms with Crippen LogP contribution in [-0.4, -0.2) is 11.5 Å². The minimum Gasteiger partial charge on any atom is -0.323 e. The highest BCUT2D eigenvalue weighted by molar-refractivity contribution is 7.11. The van der Waals surface area contributed by atoms with Crippen LogP contribution in [0.5, 0.6) is 0 Å². The zero-order chi connectivity index (χ0) is 13.0. The van der Waals surface area contributed by atoms with Gasteiger partial charge < -0.3 is 11.1 Å². The quantitative estimate of drug-likeness (QED) is 0.870. The third-order valence-corrected chi connectivity index (χ3v) is 3.98. The van der Waals surface area contributed by atoms with Crippen LogP contribution in [0.4, 0.5) is 0 Å². The van der Waals surface area contributed by atoms with Crippen LogP contribution in [-0.2, 0) is 0 Å². The fraction of sp³-hybridized carbons (Fsp3) is 0.357. The molecule has 96 valence electrons. The Morgan fingerprint density at radius 1 is 1.33 bits per heavy atom. The van der Waals surface area contributed by atoms with Gasteiger partial charge in [0, 0.05) is 23.7 Å². The summed E-state index contributed by atoms with van der Waals surface area (Å²) in [5, 5.41) is 4.55. The Morgan fingerprint density at radius 3 is 2.67 bits per heavy atom. The third kappa shape index (κ3) is 3.38.